The maximum absolute atomic E-state index is 2.31. The maximum atomic E-state index is 2.31. The van der Waals surface area contributed by atoms with Gasteiger partial charge in [-0.2, -0.15) is 0 Å². The molecule has 1 rings (SSSR count). The Morgan fingerprint density at radius 1 is 0.500 bits per heavy atom. The predicted molar refractivity (Wildman–Crippen MR) is 88.2 cm³/mol. The lowest BCUT2D eigenvalue weighted by Crippen LogP contribution is -3.14. The molecule has 1 aromatic rings. The minimum Gasteiger partial charge on any atom is -1.00 e. The summed E-state index contributed by atoms with van der Waals surface area (Å²) in [5, 5.41) is 0. The van der Waals surface area contributed by atoms with Crippen LogP contribution in [0, 0.1) is 0 Å². The van der Waals surface area contributed by atoms with Crippen molar-refractivity contribution in [3.05, 3.63) is 24.3 Å². The van der Waals surface area contributed by atoms with E-state index in [-0.39, 0.29) is 24.8 Å². The van der Waals surface area contributed by atoms with Crippen LogP contribution in [-0.4, -0.2) is 24.2 Å². The standard InChI is InChI=1S/C18H32N2.2ClH/c1-13(2)19(14(3)4)17-9-11-18(12-10-17)20(15(5)6)16(7)8;;/h9-16H,1-8H3;2*1H. The predicted octanol–water partition coefficient (Wildman–Crippen LogP) is -3.64. The second-order valence-electron chi connectivity index (χ2n) is 7.11. The Balaban J connectivity index is 0. The molecule has 0 aliphatic carbocycles. The van der Waals surface area contributed by atoms with Gasteiger partial charge in [0.15, 0.2) is 0 Å². The van der Waals surface area contributed by atoms with Gasteiger partial charge in [-0.25, -0.2) is 0 Å². The summed E-state index contributed by atoms with van der Waals surface area (Å²) in [5.41, 5.74) is 2.82. The lowest BCUT2D eigenvalue weighted by atomic mass is 10.1. The number of nitrogens with one attached hydrogen (secondary N) is 2. The summed E-state index contributed by atoms with van der Waals surface area (Å²) in [5.74, 6) is 0. The van der Waals surface area contributed by atoms with E-state index in [1.807, 2.05) is 0 Å². The molecule has 0 amide bonds. The highest BCUT2D eigenvalue weighted by molar-refractivity contribution is 5.39. The highest BCUT2D eigenvalue weighted by atomic mass is 35.5. The van der Waals surface area contributed by atoms with E-state index in [2.05, 4.69) is 79.7 Å². The molecule has 4 heteroatoms. The smallest absolute Gasteiger partial charge is 0.132 e. The molecule has 1 aromatic carbocycles. The van der Waals surface area contributed by atoms with E-state index in [9.17, 15) is 0 Å². The Bertz CT molecular complexity index is 345. The van der Waals surface area contributed by atoms with Gasteiger partial charge in [0.2, 0.25) is 0 Å². The van der Waals surface area contributed by atoms with Crippen LogP contribution in [0.3, 0.4) is 0 Å². The number of halogens is 2. The van der Waals surface area contributed by atoms with Crippen LogP contribution in [0.25, 0.3) is 0 Å². The fourth-order valence-corrected chi connectivity index (χ4v) is 3.52. The van der Waals surface area contributed by atoms with Crippen LogP contribution in [0.2, 0.25) is 0 Å². The fourth-order valence-electron chi connectivity index (χ4n) is 3.52. The first kappa shape index (κ1) is 24.0. The van der Waals surface area contributed by atoms with E-state index < -0.39 is 0 Å². The van der Waals surface area contributed by atoms with E-state index in [4.69, 9.17) is 0 Å². The van der Waals surface area contributed by atoms with Gasteiger partial charge in [-0.05, 0) is 55.4 Å². The summed E-state index contributed by atoms with van der Waals surface area (Å²) in [6.07, 6.45) is 0. The third kappa shape index (κ3) is 6.08. The molecule has 0 saturated carbocycles. The Hall–Kier alpha value is -0.280. The molecule has 22 heavy (non-hydrogen) atoms. The zero-order valence-corrected chi connectivity index (χ0v) is 16.9. The summed E-state index contributed by atoms with van der Waals surface area (Å²) < 4.78 is 0. The third-order valence-corrected chi connectivity index (χ3v) is 4.04. The molecule has 0 aliphatic heterocycles. The molecule has 0 aliphatic rings. The van der Waals surface area contributed by atoms with Gasteiger partial charge in [-0.1, -0.05) is 0 Å². The van der Waals surface area contributed by atoms with Gasteiger partial charge in [0.1, 0.15) is 11.4 Å². The van der Waals surface area contributed by atoms with Crippen molar-refractivity contribution in [3.8, 4) is 0 Å². The van der Waals surface area contributed by atoms with Crippen molar-refractivity contribution in [2.75, 3.05) is 0 Å². The number of hydrogen-bond donors (Lipinski definition) is 2. The van der Waals surface area contributed by atoms with Gasteiger partial charge in [0.25, 0.3) is 0 Å². The van der Waals surface area contributed by atoms with Crippen LogP contribution < -0.4 is 34.6 Å². The highest BCUT2D eigenvalue weighted by Crippen LogP contribution is 2.09. The van der Waals surface area contributed by atoms with E-state index in [1.54, 1.807) is 9.80 Å². The van der Waals surface area contributed by atoms with Crippen LogP contribution in [0.15, 0.2) is 24.3 Å². The Morgan fingerprint density at radius 2 is 0.682 bits per heavy atom. The molecule has 2 N–H and O–H groups in total. The second-order valence-corrected chi connectivity index (χ2v) is 7.11. The van der Waals surface area contributed by atoms with Crippen LogP contribution in [0.4, 0.5) is 11.4 Å². The van der Waals surface area contributed by atoms with Crippen LogP contribution in [-0.2, 0) is 0 Å². The van der Waals surface area contributed by atoms with Gasteiger partial charge < -0.3 is 24.8 Å². The van der Waals surface area contributed by atoms with Gasteiger partial charge in [-0.15, -0.1) is 0 Å². The van der Waals surface area contributed by atoms with Crippen LogP contribution in [0.5, 0.6) is 0 Å². The molecule has 0 heterocycles. The van der Waals surface area contributed by atoms with Crippen molar-refractivity contribution in [1.29, 1.82) is 0 Å². The molecular formula is C18H34Cl2N2. The third-order valence-electron chi connectivity index (χ3n) is 4.04. The van der Waals surface area contributed by atoms with Crippen LogP contribution in [0.1, 0.15) is 55.4 Å². The minimum atomic E-state index is 0. The maximum Gasteiger partial charge on any atom is 0.132 e. The molecule has 0 unspecified atom stereocenters. The number of quaternary nitrogens is 2. The summed E-state index contributed by atoms with van der Waals surface area (Å²) >= 11 is 0. The topological polar surface area (TPSA) is 8.88 Å². The molecule has 0 saturated heterocycles. The average molecular weight is 349 g/mol. The van der Waals surface area contributed by atoms with E-state index in [1.165, 1.54) is 11.4 Å². The summed E-state index contributed by atoms with van der Waals surface area (Å²) in [7, 11) is 0. The van der Waals surface area contributed by atoms with E-state index in [0.717, 1.165) is 0 Å². The highest BCUT2D eigenvalue weighted by Gasteiger charge is 2.23. The zero-order chi connectivity index (χ0) is 15.4. The molecule has 2 nitrogen and oxygen atoms in total. The van der Waals surface area contributed by atoms with Crippen molar-refractivity contribution in [1.82, 2.24) is 0 Å². The van der Waals surface area contributed by atoms with Gasteiger partial charge in [-0.3, -0.25) is 9.80 Å². The van der Waals surface area contributed by atoms with Crippen molar-refractivity contribution in [2.24, 2.45) is 0 Å². The van der Waals surface area contributed by atoms with E-state index >= 15 is 0 Å². The van der Waals surface area contributed by atoms with Crippen molar-refractivity contribution in [3.63, 3.8) is 0 Å². The first-order chi connectivity index (χ1) is 9.25. The first-order valence-corrected chi connectivity index (χ1v) is 8.09. The Kier molecular flexibility index (Phi) is 11.4. The fraction of sp³-hybridized carbons (Fsp3) is 0.667. The molecular weight excluding hydrogens is 315 g/mol. The minimum absolute atomic E-state index is 0. The van der Waals surface area contributed by atoms with Gasteiger partial charge >= 0.3 is 0 Å². The normalized spacial score (nSPS) is 11.5. The molecule has 0 atom stereocenters. The molecule has 0 radical (unpaired) electrons. The van der Waals surface area contributed by atoms with Crippen molar-refractivity contribution < 1.29 is 34.6 Å². The molecule has 0 aromatic heterocycles. The molecule has 130 valence electrons. The lowest BCUT2D eigenvalue weighted by Gasteiger charge is -2.29. The summed E-state index contributed by atoms with van der Waals surface area (Å²) in [6.45, 7) is 18.4. The Labute approximate surface area is 150 Å². The van der Waals surface area contributed by atoms with Gasteiger partial charge in [0, 0.05) is 24.3 Å². The lowest BCUT2D eigenvalue weighted by molar-refractivity contribution is -0.881. The molecule has 0 fully saturated rings. The van der Waals surface area contributed by atoms with Crippen molar-refractivity contribution >= 4 is 11.4 Å². The summed E-state index contributed by atoms with van der Waals surface area (Å²) in [4.78, 5) is 3.12. The number of rotatable bonds is 6. The number of hydrogen-bond acceptors (Lipinski definition) is 0. The molecule has 0 spiro atoms. The quantitative estimate of drug-likeness (QED) is 0.525. The Morgan fingerprint density at radius 3 is 0.818 bits per heavy atom. The van der Waals surface area contributed by atoms with E-state index in [0.29, 0.717) is 24.2 Å². The molecule has 0 bridgehead atoms. The monoisotopic (exact) mass is 348 g/mol. The second kappa shape index (κ2) is 10.5. The number of benzene rings is 1. The van der Waals surface area contributed by atoms with Crippen molar-refractivity contribution in [2.45, 2.75) is 79.6 Å². The average Bonchev–Trinajstić information content (AvgIpc) is 2.29. The van der Waals surface area contributed by atoms with Gasteiger partial charge in [0.05, 0.1) is 24.2 Å². The van der Waals surface area contributed by atoms with Crippen LogP contribution >= 0.6 is 0 Å². The summed E-state index contributed by atoms with van der Waals surface area (Å²) in [6, 6.07) is 11.7. The zero-order valence-electron chi connectivity index (χ0n) is 15.4. The largest absolute Gasteiger partial charge is 1.00 e. The first-order valence-electron chi connectivity index (χ1n) is 8.09. The SMILES string of the molecule is CC(C)[NH+](c1ccc([NH+](C(C)C)C(C)C)cc1)C(C)C.[Cl-].[Cl-].